The topological polar surface area (TPSA) is 67.6 Å². The summed E-state index contributed by atoms with van der Waals surface area (Å²) in [6, 6.07) is 8.25. The number of aryl methyl sites for hydroxylation is 1. The van der Waals surface area contributed by atoms with Crippen LogP contribution in [-0.2, 0) is 6.42 Å². The van der Waals surface area contributed by atoms with Crippen LogP contribution in [0.2, 0.25) is 0 Å². The molecule has 0 aliphatic carbocycles. The average Bonchev–Trinajstić information content (AvgIpc) is 2.20. The third kappa shape index (κ3) is 2.64. The van der Waals surface area contributed by atoms with Crippen LogP contribution in [-0.4, -0.2) is 15.0 Å². The molecule has 5 heteroatoms. The summed E-state index contributed by atoms with van der Waals surface area (Å²) in [5.74, 6) is 1.04. The smallest absolute Gasteiger partial charge is 0.224 e. The Labute approximate surface area is 98.6 Å². The molecule has 0 atom stereocenters. The summed E-state index contributed by atoms with van der Waals surface area (Å²) in [4.78, 5) is 10.8. The van der Waals surface area contributed by atoms with Crippen molar-refractivity contribution in [3.63, 3.8) is 0 Å². The molecule has 2 rings (SSSR count). The zero-order chi connectivity index (χ0) is 11.5. The Bertz CT molecular complexity index is 545. The number of aromatic nitrogens is 3. The molecule has 1 aromatic heterocycles. The first-order chi connectivity index (χ1) is 7.63. The van der Waals surface area contributed by atoms with Crippen LogP contribution in [0.3, 0.4) is 0 Å². The van der Waals surface area contributed by atoms with Crippen LogP contribution in [0.4, 0.5) is 5.95 Å². The number of rotatable bonds is 2. The Kier molecular flexibility index (Phi) is 2.96. The number of nitrogens with two attached hydrogens (primary N) is 1. The van der Waals surface area contributed by atoms with E-state index in [9.17, 15) is 0 Å². The van der Waals surface area contributed by atoms with Gasteiger partial charge in [0.15, 0.2) is 0 Å². The highest BCUT2D eigenvalue weighted by molar-refractivity contribution is 7.71. The van der Waals surface area contributed by atoms with Crippen molar-refractivity contribution in [3.8, 4) is 0 Å². The van der Waals surface area contributed by atoms with Crippen molar-refractivity contribution in [1.82, 2.24) is 15.0 Å². The fraction of sp³-hybridized carbons (Fsp3) is 0.182. The highest BCUT2D eigenvalue weighted by Gasteiger charge is 2.00. The predicted octanol–water partition coefficient (Wildman–Crippen LogP) is 2.02. The van der Waals surface area contributed by atoms with E-state index in [1.54, 1.807) is 0 Å². The van der Waals surface area contributed by atoms with E-state index in [4.69, 9.17) is 18.0 Å². The van der Waals surface area contributed by atoms with E-state index in [0.29, 0.717) is 12.4 Å². The molecule has 0 unspecified atom stereocenters. The maximum Gasteiger partial charge on any atom is 0.224 e. The molecule has 0 saturated carbocycles. The SMILES string of the molecule is Cc1ccc(Cc2nc(=S)nc(N)[nH]2)cc1. The molecule has 0 fully saturated rings. The minimum absolute atomic E-state index is 0.276. The summed E-state index contributed by atoms with van der Waals surface area (Å²) < 4.78 is 0.276. The van der Waals surface area contributed by atoms with Crippen LogP contribution in [0.25, 0.3) is 0 Å². The van der Waals surface area contributed by atoms with E-state index >= 15 is 0 Å². The number of nitrogens with one attached hydrogen (secondary N) is 1. The van der Waals surface area contributed by atoms with Crippen LogP contribution < -0.4 is 5.73 Å². The van der Waals surface area contributed by atoms with Gasteiger partial charge in [-0.05, 0) is 24.7 Å². The molecule has 0 bridgehead atoms. The lowest BCUT2D eigenvalue weighted by Gasteiger charge is -2.02. The quantitative estimate of drug-likeness (QED) is 0.777. The van der Waals surface area contributed by atoms with E-state index in [2.05, 4.69) is 46.1 Å². The van der Waals surface area contributed by atoms with Crippen LogP contribution in [0.15, 0.2) is 24.3 Å². The highest BCUT2D eigenvalue weighted by atomic mass is 32.1. The number of aromatic amines is 1. The van der Waals surface area contributed by atoms with Gasteiger partial charge in [-0.25, -0.2) is 4.98 Å². The van der Waals surface area contributed by atoms with E-state index in [0.717, 1.165) is 11.4 Å². The van der Waals surface area contributed by atoms with Crippen molar-refractivity contribution >= 4 is 18.2 Å². The Balaban J connectivity index is 2.26. The van der Waals surface area contributed by atoms with Crippen LogP contribution >= 0.6 is 12.2 Å². The molecule has 1 aromatic carbocycles. The molecule has 0 aliphatic heterocycles. The Hall–Kier alpha value is -1.75. The van der Waals surface area contributed by atoms with Crippen molar-refractivity contribution in [3.05, 3.63) is 46.0 Å². The van der Waals surface area contributed by atoms with E-state index in [1.807, 2.05) is 0 Å². The number of hydrogen-bond donors (Lipinski definition) is 2. The van der Waals surface area contributed by atoms with Crippen molar-refractivity contribution in [2.45, 2.75) is 13.3 Å². The molecular weight excluding hydrogens is 220 g/mol. The first-order valence-corrected chi connectivity index (χ1v) is 5.32. The van der Waals surface area contributed by atoms with Gasteiger partial charge in [0.25, 0.3) is 0 Å². The monoisotopic (exact) mass is 232 g/mol. The summed E-state index contributed by atoms with van der Waals surface area (Å²) in [6.45, 7) is 2.06. The number of anilines is 1. The molecule has 0 spiro atoms. The fourth-order valence-electron chi connectivity index (χ4n) is 1.43. The molecule has 0 saturated heterocycles. The second kappa shape index (κ2) is 4.40. The summed E-state index contributed by atoms with van der Waals surface area (Å²) in [7, 11) is 0. The summed E-state index contributed by atoms with van der Waals surface area (Å²) in [5.41, 5.74) is 7.96. The van der Waals surface area contributed by atoms with Gasteiger partial charge in [-0.1, -0.05) is 29.8 Å². The van der Waals surface area contributed by atoms with Gasteiger partial charge >= 0.3 is 0 Å². The lowest BCUT2D eigenvalue weighted by atomic mass is 10.1. The Morgan fingerprint density at radius 1 is 1.25 bits per heavy atom. The molecular formula is C11H12N4S. The molecule has 4 nitrogen and oxygen atoms in total. The van der Waals surface area contributed by atoms with Crippen LogP contribution in [0.1, 0.15) is 17.0 Å². The van der Waals surface area contributed by atoms with Gasteiger partial charge in [0.2, 0.25) is 10.7 Å². The van der Waals surface area contributed by atoms with Gasteiger partial charge < -0.3 is 10.7 Å². The summed E-state index contributed by atoms with van der Waals surface area (Å²) >= 11 is 4.90. The van der Waals surface area contributed by atoms with Gasteiger partial charge in [-0.2, -0.15) is 4.98 Å². The standard InChI is InChI=1S/C11H12N4S/c1-7-2-4-8(5-3-7)6-9-13-10(12)15-11(16)14-9/h2-5H,6H2,1H3,(H3,12,13,14,15,16). The summed E-state index contributed by atoms with van der Waals surface area (Å²) in [6.07, 6.45) is 0.677. The van der Waals surface area contributed by atoms with Crippen LogP contribution in [0.5, 0.6) is 0 Å². The van der Waals surface area contributed by atoms with Crippen LogP contribution in [0, 0.1) is 11.7 Å². The lowest BCUT2D eigenvalue weighted by Crippen LogP contribution is -2.03. The largest absolute Gasteiger partial charge is 0.369 e. The number of hydrogen-bond acceptors (Lipinski definition) is 4. The molecule has 2 aromatic rings. The van der Waals surface area contributed by atoms with E-state index < -0.39 is 0 Å². The maximum absolute atomic E-state index is 5.56. The number of benzene rings is 1. The van der Waals surface area contributed by atoms with Crippen molar-refractivity contribution < 1.29 is 0 Å². The average molecular weight is 232 g/mol. The number of H-pyrrole nitrogens is 1. The second-order valence-corrected chi connectivity index (χ2v) is 3.99. The first-order valence-electron chi connectivity index (χ1n) is 4.92. The zero-order valence-corrected chi connectivity index (χ0v) is 9.71. The van der Waals surface area contributed by atoms with E-state index in [1.165, 1.54) is 5.56 Å². The molecule has 0 aliphatic rings. The molecule has 82 valence electrons. The minimum Gasteiger partial charge on any atom is -0.369 e. The highest BCUT2D eigenvalue weighted by Crippen LogP contribution is 2.07. The Morgan fingerprint density at radius 3 is 2.56 bits per heavy atom. The lowest BCUT2D eigenvalue weighted by molar-refractivity contribution is 0.916. The van der Waals surface area contributed by atoms with Gasteiger partial charge in [0, 0.05) is 6.42 Å². The number of nitrogen functional groups attached to an aromatic ring is 1. The van der Waals surface area contributed by atoms with Gasteiger partial charge in [0.1, 0.15) is 5.82 Å². The first kappa shape index (κ1) is 10.8. The second-order valence-electron chi connectivity index (χ2n) is 3.63. The van der Waals surface area contributed by atoms with Crippen molar-refractivity contribution in [2.24, 2.45) is 0 Å². The zero-order valence-electron chi connectivity index (χ0n) is 8.90. The molecule has 16 heavy (non-hydrogen) atoms. The summed E-state index contributed by atoms with van der Waals surface area (Å²) in [5, 5.41) is 0. The minimum atomic E-state index is 0.276. The molecule has 0 amide bonds. The van der Waals surface area contributed by atoms with Gasteiger partial charge in [-0.3, -0.25) is 0 Å². The van der Waals surface area contributed by atoms with Crippen molar-refractivity contribution in [1.29, 1.82) is 0 Å². The third-order valence-electron chi connectivity index (χ3n) is 2.21. The molecule has 3 N–H and O–H groups in total. The van der Waals surface area contributed by atoms with Gasteiger partial charge in [0.05, 0.1) is 0 Å². The maximum atomic E-state index is 5.56. The molecule has 1 heterocycles. The van der Waals surface area contributed by atoms with Crippen molar-refractivity contribution in [2.75, 3.05) is 5.73 Å². The molecule has 0 radical (unpaired) electrons. The van der Waals surface area contributed by atoms with E-state index in [-0.39, 0.29) is 4.77 Å². The number of nitrogens with zero attached hydrogens (tertiary/aromatic N) is 2. The third-order valence-corrected chi connectivity index (χ3v) is 2.39. The normalized spacial score (nSPS) is 10.3. The predicted molar refractivity (Wildman–Crippen MR) is 65.6 cm³/mol. The fourth-order valence-corrected chi connectivity index (χ4v) is 1.64. The van der Waals surface area contributed by atoms with Gasteiger partial charge in [-0.15, -0.1) is 0 Å². The Morgan fingerprint density at radius 2 is 1.94 bits per heavy atom.